The summed E-state index contributed by atoms with van der Waals surface area (Å²) < 4.78 is 1.40. The van der Waals surface area contributed by atoms with Gasteiger partial charge in [-0.3, -0.25) is 9.59 Å². The average Bonchev–Trinajstić information content (AvgIpc) is 2.88. The van der Waals surface area contributed by atoms with Crippen molar-refractivity contribution in [3.8, 4) is 5.69 Å². The zero-order chi connectivity index (χ0) is 18.8. The molecule has 0 saturated carbocycles. The van der Waals surface area contributed by atoms with E-state index in [0.29, 0.717) is 21.6 Å². The molecule has 1 aromatic heterocycles. The third-order valence-electron chi connectivity index (χ3n) is 3.74. The highest BCUT2D eigenvalue weighted by Crippen LogP contribution is 2.28. The van der Waals surface area contributed by atoms with Gasteiger partial charge in [-0.05, 0) is 39.3 Å². The topological polar surface area (TPSA) is 97.1 Å². The molecule has 2 aromatic rings. The van der Waals surface area contributed by atoms with Crippen molar-refractivity contribution in [3.63, 3.8) is 0 Å². The Kier molecular flexibility index (Phi) is 5.69. The number of amides is 1. The first-order valence-corrected chi connectivity index (χ1v) is 8.28. The number of aromatic nitrogens is 3. The van der Waals surface area contributed by atoms with Gasteiger partial charge in [0.25, 0.3) is 5.91 Å². The van der Waals surface area contributed by atoms with Crippen molar-refractivity contribution in [2.75, 3.05) is 6.54 Å². The van der Waals surface area contributed by atoms with Crippen LogP contribution in [0.2, 0.25) is 10.0 Å². The second kappa shape index (κ2) is 7.41. The molecule has 2 N–H and O–H groups in total. The molecular weight excluding hydrogens is 367 g/mol. The highest BCUT2D eigenvalue weighted by molar-refractivity contribution is 6.37. The molecule has 0 atom stereocenters. The van der Waals surface area contributed by atoms with Gasteiger partial charge in [0.05, 0.1) is 15.5 Å². The van der Waals surface area contributed by atoms with E-state index >= 15 is 0 Å². The minimum atomic E-state index is -0.929. The van der Waals surface area contributed by atoms with Crippen molar-refractivity contribution in [1.29, 1.82) is 0 Å². The van der Waals surface area contributed by atoms with Gasteiger partial charge in [0.2, 0.25) is 5.82 Å². The number of carbonyl (C=O) groups is 2. The van der Waals surface area contributed by atoms with Crippen LogP contribution in [0.1, 0.15) is 36.7 Å². The molecule has 9 heteroatoms. The molecule has 0 fully saturated rings. The van der Waals surface area contributed by atoms with Crippen LogP contribution in [0, 0.1) is 12.3 Å². The van der Waals surface area contributed by atoms with E-state index in [9.17, 15) is 9.59 Å². The van der Waals surface area contributed by atoms with Crippen LogP contribution in [-0.2, 0) is 4.79 Å². The molecule has 134 valence electrons. The molecule has 0 unspecified atom stereocenters. The second-order valence-electron chi connectivity index (χ2n) is 6.16. The summed E-state index contributed by atoms with van der Waals surface area (Å²) in [6, 6.07) is 5.04. The Balaban J connectivity index is 2.15. The number of nitrogens with one attached hydrogen (secondary N) is 1. The molecule has 0 bridgehead atoms. The number of carboxylic acid groups (broad SMARTS) is 1. The number of halogens is 2. The Morgan fingerprint density at radius 1 is 1.28 bits per heavy atom. The first-order valence-electron chi connectivity index (χ1n) is 7.53. The van der Waals surface area contributed by atoms with E-state index in [1.54, 1.807) is 39.0 Å². The van der Waals surface area contributed by atoms with Gasteiger partial charge >= 0.3 is 5.97 Å². The largest absolute Gasteiger partial charge is 0.481 e. The van der Waals surface area contributed by atoms with Crippen molar-refractivity contribution in [2.24, 2.45) is 5.41 Å². The summed E-state index contributed by atoms with van der Waals surface area (Å²) in [6.07, 6.45) is 0.282. The third-order valence-corrected chi connectivity index (χ3v) is 4.35. The van der Waals surface area contributed by atoms with Crippen LogP contribution in [0.3, 0.4) is 0 Å². The number of carbonyl (C=O) groups excluding carboxylic acids is 1. The van der Waals surface area contributed by atoms with Crippen molar-refractivity contribution in [3.05, 3.63) is 39.9 Å². The number of hydrogen-bond donors (Lipinski definition) is 2. The van der Waals surface area contributed by atoms with Crippen molar-refractivity contribution in [2.45, 2.75) is 27.2 Å². The molecular formula is C16H18Cl2N4O3. The zero-order valence-corrected chi connectivity index (χ0v) is 15.5. The van der Waals surface area contributed by atoms with Gasteiger partial charge in [-0.2, -0.15) is 0 Å². The highest BCUT2D eigenvalue weighted by Gasteiger charge is 2.27. The lowest BCUT2D eigenvalue weighted by Gasteiger charge is -2.18. The normalized spacial score (nSPS) is 11.4. The summed E-state index contributed by atoms with van der Waals surface area (Å²) >= 11 is 12.3. The van der Waals surface area contributed by atoms with Gasteiger partial charge in [-0.1, -0.05) is 29.3 Å². The predicted molar refractivity (Wildman–Crippen MR) is 94.5 cm³/mol. The van der Waals surface area contributed by atoms with Crippen LogP contribution < -0.4 is 5.32 Å². The maximum absolute atomic E-state index is 12.2. The summed E-state index contributed by atoms with van der Waals surface area (Å²) in [6.45, 7) is 5.06. The van der Waals surface area contributed by atoms with Crippen molar-refractivity contribution < 1.29 is 14.7 Å². The van der Waals surface area contributed by atoms with Crippen LogP contribution in [-0.4, -0.2) is 38.3 Å². The third kappa shape index (κ3) is 4.29. The lowest BCUT2D eigenvalue weighted by Crippen LogP contribution is -2.32. The number of rotatable bonds is 6. The van der Waals surface area contributed by atoms with E-state index in [4.69, 9.17) is 28.3 Å². The average molecular weight is 385 g/mol. The van der Waals surface area contributed by atoms with Crippen LogP contribution in [0.15, 0.2) is 18.2 Å². The van der Waals surface area contributed by atoms with E-state index < -0.39 is 17.3 Å². The lowest BCUT2D eigenvalue weighted by molar-refractivity contribution is -0.147. The van der Waals surface area contributed by atoms with Crippen molar-refractivity contribution in [1.82, 2.24) is 20.1 Å². The number of nitrogens with zero attached hydrogens (tertiary/aromatic N) is 3. The molecule has 0 radical (unpaired) electrons. The number of aryl methyl sites for hydroxylation is 1. The molecule has 0 aliphatic heterocycles. The summed E-state index contributed by atoms with van der Waals surface area (Å²) in [5, 5.41) is 16.6. The Labute approximate surface area is 155 Å². The fourth-order valence-corrected chi connectivity index (χ4v) is 2.62. The Morgan fingerprint density at radius 2 is 1.88 bits per heavy atom. The Bertz CT molecular complexity index is 797. The molecule has 2 rings (SSSR count). The van der Waals surface area contributed by atoms with Crippen LogP contribution in [0.4, 0.5) is 0 Å². The molecule has 0 aliphatic carbocycles. The monoisotopic (exact) mass is 384 g/mol. The summed E-state index contributed by atoms with van der Waals surface area (Å²) in [5.74, 6) is -1.01. The Hall–Kier alpha value is -2.12. The molecule has 0 spiro atoms. The molecule has 0 saturated heterocycles. The van der Waals surface area contributed by atoms with E-state index in [-0.39, 0.29) is 18.8 Å². The number of para-hydroxylation sites is 1. The maximum Gasteiger partial charge on any atom is 0.309 e. The van der Waals surface area contributed by atoms with Gasteiger partial charge in [-0.25, -0.2) is 9.67 Å². The number of aliphatic carboxylic acids is 1. The predicted octanol–water partition coefficient (Wildman–Crippen LogP) is 3.11. The van der Waals surface area contributed by atoms with E-state index in [1.807, 2.05) is 0 Å². The lowest BCUT2D eigenvalue weighted by atomic mass is 9.90. The fourth-order valence-electron chi connectivity index (χ4n) is 2.06. The van der Waals surface area contributed by atoms with E-state index in [2.05, 4.69) is 15.4 Å². The fraction of sp³-hybridized carbons (Fsp3) is 0.375. The number of benzene rings is 1. The number of carboxylic acids is 1. The molecule has 1 aromatic carbocycles. The van der Waals surface area contributed by atoms with Gasteiger partial charge in [0, 0.05) is 6.54 Å². The minimum Gasteiger partial charge on any atom is -0.481 e. The van der Waals surface area contributed by atoms with Gasteiger partial charge < -0.3 is 10.4 Å². The molecule has 1 amide bonds. The molecule has 7 nitrogen and oxygen atoms in total. The zero-order valence-electron chi connectivity index (χ0n) is 14.0. The highest BCUT2D eigenvalue weighted by atomic mass is 35.5. The molecule has 1 heterocycles. The van der Waals surface area contributed by atoms with Crippen LogP contribution in [0.5, 0.6) is 0 Å². The second-order valence-corrected chi connectivity index (χ2v) is 6.97. The maximum atomic E-state index is 12.2. The first kappa shape index (κ1) is 19.2. The molecule has 25 heavy (non-hydrogen) atoms. The van der Waals surface area contributed by atoms with E-state index in [1.165, 1.54) is 4.68 Å². The summed E-state index contributed by atoms with van der Waals surface area (Å²) in [7, 11) is 0. The summed E-state index contributed by atoms with van der Waals surface area (Å²) in [5.41, 5.74) is -0.483. The van der Waals surface area contributed by atoms with Gasteiger partial charge in [-0.15, -0.1) is 5.10 Å². The van der Waals surface area contributed by atoms with Gasteiger partial charge in [0.15, 0.2) is 0 Å². The van der Waals surface area contributed by atoms with Gasteiger partial charge in [0.1, 0.15) is 11.5 Å². The van der Waals surface area contributed by atoms with Crippen LogP contribution in [0.25, 0.3) is 5.69 Å². The quantitative estimate of drug-likeness (QED) is 0.797. The van der Waals surface area contributed by atoms with Crippen molar-refractivity contribution >= 4 is 35.1 Å². The van der Waals surface area contributed by atoms with E-state index in [0.717, 1.165) is 0 Å². The minimum absolute atomic E-state index is 0.0402. The SMILES string of the molecule is Cc1nc(C(=O)NCCC(C)(C)C(=O)O)nn1-c1c(Cl)cccc1Cl. The molecule has 0 aliphatic rings. The van der Waals surface area contributed by atoms with Crippen LogP contribution >= 0.6 is 23.2 Å². The number of hydrogen-bond acceptors (Lipinski definition) is 4. The Morgan fingerprint density at radius 3 is 2.44 bits per heavy atom. The standard InChI is InChI=1S/C16H18Cl2N4O3/c1-9-20-13(14(23)19-8-7-16(2,3)15(24)25)21-22(9)12-10(17)5-4-6-11(12)18/h4-6H,7-8H2,1-3H3,(H,19,23)(H,24,25). The smallest absolute Gasteiger partial charge is 0.309 e. The first-order chi connectivity index (χ1) is 11.6. The summed E-state index contributed by atoms with van der Waals surface area (Å²) in [4.78, 5) is 27.4.